The summed E-state index contributed by atoms with van der Waals surface area (Å²) in [5.74, 6) is 0.492. The molecule has 2 aliphatic rings. The highest BCUT2D eigenvalue weighted by Gasteiger charge is 2.36. The molecule has 2 aromatic rings. The van der Waals surface area contributed by atoms with Gasteiger partial charge in [-0.3, -0.25) is 4.79 Å². The van der Waals surface area contributed by atoms with Crippen LogP contribution in [0.1, 0.15) is 18.0 Å². The number of urea groups is 1. The minimum atomic E-state index is -0.153. The average molecular weight is 378 g/mol. The number of likely N-dealkylation sites (tertiary alicyclic amines) is 1. The summed E-state index contributed by atoms with van der Waals surface area (Å²) in [4.78, 5) is 26.5. The van der Waals surface area contributed by atoms with Crippen LogP contribution in [0.5, 0.6) is 0 Å². The van der Waals surface area contributed by atoms with Crippen molar-refractivity contribution in [3.63, 3.8) is 0 Å². The second-order valence-electron chi connectivity index (χ2n) is 6.66. The summed E-state index contributed by atoms with van der Waals surface area (Å²) < 4.78 is 1.85. The number of nitrogens with zero attached hydrogens (tertiary/aromatic N) is 2. The van der Waals surface area contributed by atoms with E-state index in [1.54, 1.807) is 30.3 Å². The molecule has 1 N–H and O–H groups in total. The van der Waals surface area contributed by atoms with E-state index in [2.05, 4.69) is 5.32 Å². The third-order valence-corrected chi connectivity index (χ3v) is 5.68. The third-order valence-electron chi connectivity index (χ3n) is 4.94. The van der Waals surface area contributed by atoms with E-state index in [0.29, 0.717) is 41.3 Å². The molecule has 7 heteroatoms. The number of nitrogens with one attached hydrogen (secondary N) is 1. The van der Waals surface area contributed by atoms with Crippen LogP contribution in [-0.2, 0) is 6.54 Å². The summed E-state index contributed by atoms with van der Waals surface area (Å²) >= 11 is 11.9. The molecule has 3 heterocycles. The molecule has 1 saturated heterocycles. The van der Waals surface area contributed by atoms with Crippen molar-refractivity contribution in [3.05, 3.63) is 62.5 Å². The normalized spacial score (nSPS) is 21.6. The van der Waals surface area contributed by atoms with Crippen molar-refractivity contribution in [1.82, 2.24) is 9.47 Å². The van der Waals surface area contributed by atoms with Crippen molar-refractivity contribution in [2.24, 2.45) is 5.92 Å². The van der Waals surface area contributed by atoms with Crippen LogP contribution in [0.15, 0.2) is 41.2 Å². The maximum Gasteiger partial charge on any atom is 0.321 e. The standard InChI is InChI=1S/C18H17Cl2N3O2/c19-14-5-4-13(7-15(14)20)21-18(25)22-8-11-6-12(10-22)16-2-1-3-17(24)23(16)9-11/h1-5,7,11-12H,6,8-10H2,(H,21,25). The van der Waals surface area contributed by atoms with Crippen LogP contribution in [0.3, 0.4) is 0 Å². The predicted molar refractivity (Wildman–Crippen MR) is 98.6 cm³/mol. The van der Waals surface area contributed by atoms with Crippen molar-refractivity contribution in [2.75, 3.05) is 18.4 Å². The fraction of sp³-hybridized carbons (Fsp3) is 0.333. The van der Waals surface area contributed by atoms with Gasteiger partial charge in [0.25, 0.3) is 5.56 Å². The Morgan fingerprint density at radius 1 is 1.08 bits per heavy atom. The zero-order chi connectivity index (χ0) is 17.6. The molecule has 2 unspecified atom stereocenters. The number of hydrogen-bond donors (Lipinski definition) is 1. The molecule has 2 amide bonds. The lowest BCUT2D eigenvalue weighted by molar-refractivity contribution is 0.139. The van der Waals surface area contributed by atoms with E-state index in [-0.39, 0.29) is 17.5 Å². The Morgan fingerprint density at radius 2 is 1.92 bits per heavy atom. The Balaban J connectivity index is 1.52. The number of pyridine rings is 1. The fourth-order valence-corrected chi connectivity index (χ4v) is 4.14. The summed E-state index contributed by atoms with van der Waals surface area (Å²) in [6, 6.07) is 10.3. The number of carbonyl (C=O) groups is 1. The average Bonchev–Trinajstić information content (AvgIpc) is 2.59. The number of anilines is 1. The molecule has 1 aromatic carbocycles. The number of fused-ring (bicyclic) bond motifs is 4. The molecule has 130 valence electrons. The zero-order valence-electron chi connectivity index (χ0n) is 13.4. The topological polar surface area (TPSA) is 54.3 Å². The highest BCUT2D eigenvalue weighted by Crippen LogP contribution is 2.35. The summed E-state index contributed by atoms with van der Waals surface area (Å²) in [5.41, 5.74) is 1.68. The first kappa shape index (κ1) is 16.5. The van der Waals surface area contributed by atoms with Gasteiger partial charge in [-0.15, -0.1) is 0 Å². The minimum Gasteiger partial charge on any atom is -0.324 e. The zero-order valence-corrected chi connectivity index (χ0v) is 14.9. The van der Waals surface area contributed by atoms with Gasteiger partial charge in [-0.05, 0) is 36.6 Å². The molecular weight excluding hydrogens is 361 g/mol. The maximum absolute atomic E-state index is 12.6. The van der Waals surface area contributed by atoms with Gasteiger partial charge in [-0.1, -0.05) is 29.3 Å². The minimum absolute atomic E-state index is 0.0425. The van der Waals surface area contributed by atoms with Crippen LogP contribution in [-0.4, -0.2) is 28.6 Å². The molecule has 2 aliphatic heterocycles. The highest BCUT2D eigenvalue weighted by atomic mass is 35.5. The molecule has 0 aliphatic carbocycles. The smallest absolute Gasteiger partial charge is 0.321 e. The third kappa shape index (κ3) is 3.14. The Hall–Kier alpha value is -1.98. The van der Waals surface area contributed by atoms with Crippen molar-refractivity contribution in [1.29, 1.82) is 0 Å². The number of benzene rings is 1. The predicted octanol–water partition coefficient (Wildman–Crippen LogP) is 3.81. The molecule has 1 aromatic heterocycles. The van der Waals surface area contributed by atoms with Gasteiger partial charge in [0.05, 0.1) is 10.0 Å². The van der Waals surface area contributed by atoms with Crippen LogP contribution in [0.2, 0.25) is 10.0 Å². The Labute approximate surface area is 155 Å². The van der Waals surface area contributed by atoms with Crippen molar-refractivity contribution in [2.45, 2.75) is 18.9 Å². The van der Waals surface area contributed by atoms with Gasteiger partial charge < -0.3 is 14.8 Å². The van der Waals surface area contributed by atoms with Gasteiger partial charge in [0.1, 0.15) is 0 Å². The van der Waals surface area contributed by atoms with Crippen LogP contribution in [0.25, 0.3) is 0 Å². The number of hydrogen-bond acceptors (Lipinski definition) is 2. The van der Waals surface area contributed by atoms with Gasteiger partial charge in [0.2, 0.25) is 0 Å². The quantitative estimate of drug-likeness (QED) is 0.821. The Morgan fingerprint density at radius 3 is 2.72 bits per heavy atom. The van der Waals surface area contributed by atoms with Gasteiger partial charge in [0, 0.05) is 43.0 Å². The molecule has 0 spiro atoms. The molecule has 25 heavy (non-hydrogen) atoms. The molecule has 2 bridgehead atoms. The molecular formula is C18H17Cl2N3O2. The molecule has 0 radical (unpaired) electrons. The Kier molecular flexibility index (Phi) is 4.21. The van der Waals surface area contributed by atoms with Gasteiger partial charge in [0.15, 0.2) is 0 Å². The number of amides is 2. The Bertz CT molecular complexity index is 896. The van der Waals surface area contributed by atoms with Crippen molar-refractivity contribution in [3.8, 4) is 0 Å². The summed E-state index contributed by atoms with van der Waals surface area (Å²) in [7, 11) is 0. The van der Waals surface area contributed by atoms with Crippen LogP contribution in [0.4, 0.5) is 10.5 Å². The second kappa shape index (κ2) is 6.39. The van der Waals surface area contributed by atoms with E-state index in [4.69, 9.17) is 23.2 Å². The second-order valence-corrected chi connectivity index (χ2v) is 7.48. The van der Waals surface area contributed by atoms with E-state index in [9.17, 15) is 9.59 Å². The van der Waals surface area contributed by atoms with E-state index in [1.165, 1.54) is 0 Å². The van der Waals surface area contributed by atoms with Gasteiger partial charge in [-0.2, -0.15) is 0 Å². The maximum atomic E-state index is 12.6. The lowest BCUT2D eigenvalue weighted by atomic mass is 9.83. The van der Waals surface area contributed by atoms with E-state index in [0.717, 1.165) is 12.1 Å². The highest BCUT2D eigenvalue weighted by molar-refractivity contribution is 6.42. The van der Waals surface area contributed by atoms with Crippen LogP contribution >= 0.6 is 23.2 Å². The van der Waals surface area contributed by atoms with Crippen molar-refractivity contribution >= 4 is 34.9 Å². The molecule has 1 fully saturated rings. The SMILES string of the molecule is O=C(Nc1ccc(Cl)c(Cl)c1)N1CC2CC(C1)c1cccc(=O)n1C2. The van der Waals surface area contributed by atoms with Gasteiger partial charge >= 0.3 is 6.03 Å². The lowest BCUT2D eigenvalue weighted by Crippen LogP contribution is -2.50. The molecule has 2 atom stereocenters. The molecule has 5 nitrogen and oxygen atoms in total. The lowest BCUT2D eigenvalue weighted by Gasteiger charge is -2.42. The monoisotopic (exact) mass is 377 g/mol. The van der Waals surface area contributed by atoms with Crippen molar-refractivity contribution < 1.29 is 4.79 Å². The number of halogens is 2. The number of rotatable bonds is 1. The number of carbonyl (C=O) groups excluding carboxylic acids is 1. The largest absolute Gasteiger partial charge is 0.324 e. The summed E-state index contributed by atoms with van der Waals surface area (Å²) in [5, 5.41) is 3.74. The van der Waals surface area contributed by atoms with Crippen LogP contribution in [0, 0.1) is 5.92 Å². The van der Waals surface area contributed by atoms with Crippen LogP contribution < -0.4 is 10.9 Å². The first-order valence-electron chi connectivity index (χ1n) is 8.22. The van der Waals surface area contributed by atoms with E-state index in [1.807, 2.05) is 15.5 Å². The first-order valence-corrected chi connectivity index (χ1v) is 8.97. The summed E-state index contributed by atoms with van der Waals surface area (Å²) in [6.07, 6.45) is 1.01. The van der Waals surface area contributed by atoms with Gasteiger partial charge in [-0.25, -0.2) is 4.79 Å². The fourth-order valence-electron chi connectivity index (χ4n) is 3.84. The van der Waals surface area contributed by atoms with E-state index >= 15 is 0 Å². The van der Waals surface area contributed by atoms with E-state index < -0.39 is 0 Å². The first-order chi connectivity index (χ1) is 12.0. The molecule has 0 saturated carbocycles. The number of piperidine rings is 1. The number of aromatic nitrogens is 1. The molecule has 4 rings (SSSR count). The summed E-state index contributed by atoms with van der Waals surface area (Å²) in [6.45, 7) is 1.92.